The minimum Gasteiger partial charge on any atom is -0.481 e. The summed E-state index contributed by atoms with van der Waals surface area (Å²) in [5.74, 6) is 0.452. The summed E-state index contributed by atoms with van der Waals surface area (Å²) in [5, 5.41) is 2.30. The molecule has 3 unspecified atom stereocenters. The highest BCUT2D eigenvalue weighted by molar-refractivity contribution is 5.90. The summed E-state index contributed by atoms with van der Waals surface area (Å²) >= 11 is 0. The molecule has 0 aromatic heterocycles. The molecule has 1 heterocycles. The van der Waals surface area contributed by atoms with Gasteiger partial charge in [0, 0.05) is 5.92 Å². The van der Waals surface area contributed by atoms with Gasteiger partial charge in [0.15, 0.2) is 6.10 Å². The lowest BCUT2D eigenvalue weighted by molar-refractivity contribution is -0.160. The number of carbonyl (C=O) groups is 1. The summed E-state index contributed by atoms with van der Waals surface area (Å²) in [7, 11) is 0. The fourth-order valence-corrected chi connectivity index (χ4v) is 3.95. The van der Waals surface area contributed by atoms with Crippen molar-refractivity contribution in [2.75, 3.05) is 0 Å². The van der Waals surface area contributed by atoms with Gasteiger partial charge < -0.3 is 20.9 Å². The van der Waals surface area contributed by atoms with E-state index in [-0.39, 0.29) is 12.0 Å². The second kappa shape index (κ2) is 8.28. The largest absolute Gasteiger partial charge is 0.481 e. The Morgan fingerprint density at radius 3 is 2.62 bits per heavy atom. The van der Waals surface area contributed by atoms with Gasteiger partial charge in [-0.05, 0) is 54.8 Å². The van der Waals surface area contributed by atoms with Gasteiger partial charge in [-0.25, -0.2) is 9.79 Å². The Hall–Kier alpha value is -3.38. The minimum atomic E-state index is -0.949. The second-order valence-corrected chi connectivity index (χ2v) is 8.82. The maximum absolute atomic E-state index is 13.0. The Morgan fingerprint density at radius 1 is 1.12 bits per heavy atom. The lowest BCUT2D eigenvalue weighted by Crippen LogP contribution is -2.37. The van der Waals surface area contributed by atoms with E-state index in [4.69, 9.17) is 20.9 Å². The summed E-state index contributed by atoms with van der Waals surface area (Å²) in [6.07, 6.45) is -0.289. The number of aliphatic imine (C=N–C) groups is 1. The van der Waals surface area contributed by atoms with E-state index >= 15 is 0 Å². The zero-order valence-electron chi connectivity index (χ0n) is 18.8. The standard InChI is InChI=1S/C26H29N3O3/c1-15(19-11-7-9-17-8-5-6-10-20(17)19)26(3,4)32-25(30)23(27)18-12-13-22-21(14-18)29-24(28)16(2)31-22/h5-16,23H,27H2,1-4H3,(H2,28,29). The molecule has 0 saturated heterocycles. The number of hydrogen-bond acceptors (Lipinski definition) is 6. The summed E-state index contributed by atoms with van der Waals surface area (Å²) in [4.78, 5) is 17.4. The van der Waals surface area contributed by atoms with E-state index in [2.05, 4.69) is 36.2 Å². The number of benzene rings is 3. The van der Waals surface area contributed by atoms with E-state index < -0.39 is 17.6 Å². The molecule has 6 nitrogen and oxygen atoms in total. The number of fused-ring (bicyclic) bond motifs is 2. The van der Waals surface area contributed by atoms with Crippen LogP contribution in [0.5, 0.6) is 5.75 Å². The summed E-state index contributed by atoms with van der Waals surface area (Å²) in [6, 6.07) is 18.7. The molecule has 0 amide bonds. The predicted molar refractivity (Wildman–Crippen MR) is 127 cm³/mol. The van der Waals surface area contributed by atoms with Gasteiger partial charge in [0.05, 0.1) is 0 Å². The van der Waals surface area contributed by atoms with E-state index in [0.717, 1.165) is 16.3 Å². The zero-order chi connectivity index (χ0) is 23.0. The van der Waals surface area contributed by atoms with Crippen LogP contribution in [0.2, 0.25) is 0 Å². The summed E-state index contributed by atoms with van der Waals surface area (Å²) in [5.41, 5.74) is 13.7. The molecule has 3 atom stereocenters. The first-order chi connectivity index (χ1) is 15.2. The van der Waals surface area contributed by atoms with Crippen LogP contribution in [0.1, 0.15) is 50.8 Å². The molecule has 1 aliphatic heterocycles. The molecule has 4 rings (SSSR count). The van der Waals surface area contributed by atoms with Gasteiger partial charge in [0.1, 0.15) is 28.9 Å². The summed E-state index contributed by atoms with van der Waals surface area (Å²) < 4.78 is 11.7. The third-order valence-corrected chi connectivity index (χ3v) is 6.26. The van der Waals surface area contributed by atoms with Crippen LogP contribution < -0.4 is 16.2 Å². The first-order valence-electron chi connectivity index (χ1n) is 10.8. The zero-order valence-corrected chi connectivity index (χ0v) is 18.8. The van der Waals surface area contributed by atoms with Crippen LogP contribution in [0, 0.1) is 0 Å². The predicted octanol–water partition coefficient (Wildman–Crippen LogP) is 4.73. The first kappa shape index (κ1) is 21.8. The molecule has 3 aromatic carbocycles. The van der Waals surface area contributed by atoms with Crippen LogP contribution in [-0.4, -0.2) is 23.5 Å². The quantitative estimate of drug-likeness (QED) is 0.569. The van der Waals surface area contributed by atoms with E-state index in [0.29, 0.717) is 22.8 Å². The SMILES string of the molecule is CC1Oc2ccc(C(N)C(=O)OC(C)(C)C(C)c3cccc4ccccc34)cc2N=C1N. The molecule has 166 valence electrons. The number of ether oxygens (including phenoxy) is 2. The molecular formula is C26H29N3O3. The van der Waals surface area contributed by atoms with Crippen LogP contribution in [0.4, 0.5) is 5.69 Å². The Kier molecular flexibility index (Phi) is 5.65. The molecule has 0 aliphatic carbocycles. The van der Waals surface area contributed by atoms with Crippen molar-refractivity contribution >= 4 is 28.3 Å². The number of amidine groups is 1. The average Bonchev–Trinajstić information content (AvgIpc) is 2.77. The molecule has 6 heteroatoms. The molecular weight excluding hydrogens is 402 g/mol. The van der Waals surface area contributed by atoms with Crippen LogP contribution in [-0.2, 0) is 9.53 Å². The van der Waals surface area contributed by atoms with Gasteiger partial charge in [0.2, 0.25) is 0 Å². The number of nitrogens with zero attached hydrogens (tertiary/aromatic N) is 1. The van der Waals surface area contributed by atoms with Crippen molar-refractivity contribution in [1.82, 2.24) is 0 Å². The van der Waals surface area contributed by atoms with Gasteiger partial charge in [-0.3, -0.25) is 0 Å². The smallest absolute Gasteiger partial charge is 0.328 e. The fourth-order valence-electron chi connectivity index (χ4n) is 3.95. The molecule has 4 N–H and O–H groups in total. The molecule has 0 spiro atoms. The first-order valence-corrected chi connectivity index (χ1v) is 10.8. The topological polar surface area (TPSA) is 99.9 Å². The number of nitrogens with two attached hydrogens (primary N) is 2. The van der Waals surface area contributed by atoms with Crippen molar-refractivity contribution in [3.8, 4) is 5.75 Å². The van der Waals surface area contributed by atoms with E-state index in [9.17, 15) is 4.79 Å². The summed E-state index contributed by atoms with van der Waals surface area (Å²) in [6.45, 7) is 7.72. The molecule has 0 saturated carbocycles. The third kappa shape index (κ3) is 4.06. The fraction of sp³-hybridized carbons (Fsp3) is 0.308. The average molecular weight is 432 g/mol. The maximum atomic E-state index is 13.0. The van der Waals surface area contributed by atoms with Crippen molar-refractivity contribution < 1.29 is 14.3 Å². The Morgan fingerprint density at radius 2 is 1.84 bits per heavy atom. The Bertz CT molecular complexity index is 1200. The monoisotopic (exact) mass is 431 g/mol. The third-order valence-electron chi connectivity index (χ3n) is 6.26. The van der Waals surface area contributed by atoms with Gasteiger partial charge in [-0.15, -0.1) is 0 Å². The number of hydrogen-bond donors (Lipinski definition) is 2. The van der Waals surface area contributed by atoms with Gasteiger partial charge in [-0.1, -0.05) is 55.5 Å². The van der Waals surface area contributed by atoms with Crippen LogP contribution >= 0.6 is 0 Å². The van der Waals surface area contributed by atoms with Gasteiger partial charge >= 0.3 is 5.97 Å². The second-order valence-electron chi connectivity index (χ2n) is 8.82. The molecule has 1 aliphatic rings. The maximum Gasteiger partial charge on any atom is 0.328 e. The van der Waals surface area contributed by atoms with Crippen molar-refractivity contribution in [3.63, 3.8) is 0 Å². The molecule has 32 heavy (non-hydrogen) atoms. The van der Waals surface area contributed by atoms with Crippen molar-refractivity contribution in [2.24, 2.45) is 16.5 Å². The number of carbonyl (C=O) groups excluding carboxylic acids is 1. The van der Waals surface area contributed by atoms with Gasteiger partial charge in [0.25, 0.3) is 0 Å². The number of rotatable bonds is 5. The normalized spacial score (nSPS) is 17.7. The lowest BCUT2D eigenvalue weighted by Gasteiger charge is -2.33. The highest BCUT2D eigenvalue weighted by atomic mass is 16.6. The van der Waals surface area contributed by atoms with Crippen molar-refractivity contribution in [1.29, 1.82) is 0 Å². The highest BCUT2D eigenvalue weighted by Crippen LogP contribution is 2.37. The molecule has 3 aromatic rings. The van der Waals surface area contributed by atoms with Gasteiger partial charge in [-0.2, -0.15) is 0 Å². The molecule has 0 radical (unpaired) electrons. The molecule has 0 bridgehead atoms. The molecule has 0 fully saturated rings. The minimum absolute atomic E-state index is 0.0485. The number of esters is 1. The highest BCUT2D eigenvalue weighted by Gasteiger charge is 2.34. The Labute approximate surface area is 188 Å². The van der Waals surface area contributed by atoms with E-state index in [1.165, 1.54) is 0 Å². The lowest BCUT2D eigenvalue weighted by atomic mass is 9.83. The van der Waals surface area contributed by atoms with Crippen LogP contribution in [0.15, 0.2) is 65.7 Å². The van der Waals surface area contributed by atoms with E-state index in [1.807, 2.05) is 39.0 Å². The van der Waals surface area contributed by atoms with Crippen molar-refractivity contribution in [2.45, 2.75) is 51.4 Å². The Balaban J connectivity index is 1.55. The van der Waals surface area contributed by atoms with E-state index in [1.54, 1.807) is 18.2 Å². The van der Waals surface area contributed by atoms with Crippen LogP contribution in [0.3, 0.4) is 0 Å². The van der Waals surface area contributed by atoms with Crippen molar-refractivity contribution in [3.05, 3.63) is 71.8 Å². The van der Waals surface area contributed by atoms with Crippen LogP contribution in [0.25, 0.3) is 10.8 Å².